The molecule has 0 bridgehead atoms. The SMILES string of the molecule is CNCCC1CCN(CCOCCCOC)CC1. The van der Waals surface area contributed by atoms with Crippen molar-refractivity contribution in [3.63, 3.8) is 0 Å². The fourth-order valence-electron chi connectivity index (χ4n) is 2.45. The molecule has 1 aliphatic heterocycles. The zero-order valence-electron chi connectivity index (χ0n) is 12.1. The average molecular weight is 258 g/mol. The van der Waals surface area contributed by atoms with Crippen molar-refractivity contribution in [3.05, 3.63) is 0 Å². The molecule has 0 aromatic rings. The molecule has 18 heavy (non-hydrogen) atoms. The van der Waals surface area contributed by atoms with Gasteiger partial charge in [0.05, 0.1) is 6.61 Å². The summed E-state index contributed by atoms with van der Waals surface area (Å²) in [6.07, 6.45) is 5.04. The molecule has 1 fully saturated rings. The van der Waals surface area contributed by atoms with Gasteiger partial charge < -0.3 is 19.7 Å². The fourth-order valence-corrected chi connectivity index (χ4v) is 2.45. The predicted octanol–water partition coefficient (Wildman–Crippen LogP) is 1.36. The molecule has 1 rings (SSSR count). The molecule has 4 nitrogen and oxygen atoms in total. The molecule has 0 spiro atoms. The first-order valence-corrected chi connectivity index (χ1v) is 7.30. The minimum Gasteiger partial charge on any atom is -0.385 e. The summed E-state index contributed by atoms with van der Waals surface area (Å²) in [7, 11) is 3.77. The Labute approximate surface area is 112 Å². The van der Waals surface area contributed by atoms with Crippen LogP contribution in [-0.4, -0.2) is 65.1 Å². The number of hydrogen-bond acceptors (Lipinski definition) is 4. The lowest BCUT2D eigenvalue weighted by Crippen LogP contribution is -2.36. The topological polar surface area (TPSA) is 33.7 Å². The van der Waals surface area contributed by atoms with Gasteiger partial charge in [0.25, 0.3) is 0 Å². The number of methoxy groups -OCH3 is 1. The Kier molecular flexibility index (Phi) is 9.48. The first kappa shape index (κ1) is 15.9. The van der Waals surface area contributed by atoms with Crippen LogP contribution in [0.4, 0.5) is 0 Å². The Bertz CT molecular complexity index is 183. The normalized spacial score (nSPS) is 18.3. The molecule has 1 heterocycles. The van der Waals surface area contributed by atoms with Gasteiger partial charge in [-0.1, -0.05) is 0 Å². The molecule has 0 aromatic heterocycles. The van der Waals surface area contributed by atoms with Gasteiger partial charge in [-0.15, -0.1) is 0 Å². The Morgan fingerprint density at radius 1 is 1.17 bits per heavy atom. The van der Waals surface area contributed by atoms with Crippen LogP contribution in [0.2, 0.25) is 0 Å². The van der Waals surface area contributed by atoms with E-state index in [1.54, 1.807) is 7.11 Å². The first-order valence-electron chi connectivity index (χ1n) is 7.30. The second kappa shape index (κ2) is 10.7. The van der Waals surface area contributed by atoms with Crippen LogP contribution in [0.3, 0.4) is 0 Å². The maximum Gasteiger partial charge on any atom is 0.0593 e. The van der Waals surface area contributed by atoms with Crippen LogP contribution in [0.5, 0.6) is 0 Å². The van der Waals surface area contributed by atoms with E-state index >= 15 is 0 Å². The summed E-state index contributed by atoms with van der Waals surface area (Å²) >= 11 is 0. The second-order valence-electron chi connectivity index (χ2n) is 5.14. The molecule has 1 aliphatic rings. The van der Waals surface area contributed by atoms with E-state index in [0.29, 0.717) is 0 Å². The largest absolute Gasteiger partial charge is 0.385 e. The lowest BCUT2D eigenvalue weighted by molar-refractivity contribution is 0.0732. The number of nitrogens with one attached hydrogen (secondary N) is 1. The molecule has 0 radical (unpaired) electrons. The minimum atomic E-state index is 0.802. The van der Waals surface area contributed by atoms with E-state index in [2.05, 4.69) is 10.2 Å². The van der Waals surface area contributed by atoms with Crippen molar-refractivity contribution >= 4 is 0 Å². The number of ether oxygens (including phenoxy) is 2. The predicted molar refractivity (Wildman–Crippen MR) is 75.0 cm³/mol. The zero-order valence-corrected chi connectivity index (χ0v) is 12.1. The highest BCUT2D eigenvalue weighted by atomic mass is 16.5. The van der Waals surface area contributed by atoms with E-state index in [4.69, 9.17) is 9.47 Å². The summed E-state index contributed by atoms with van der Waals surface area (Å²) in [5.74, 6) is 0.927. The number of hydrogen-bond donors (Lipinski definition) is 1. The quantitative estimate of drug-likeness (QED) is 0.600. The number of rotatable bonds is 10. The Morgan fingerprint density at radius 3 is 2.61 bits per heavy atom. The van der Waals surface area contributed by atoms with Crippen molar-refractivity contribution in [2.24, 2.45) is 5.92 Å². The minimum absolute atomic E-state index is 0.802. The van der Waals surface area contributed by atoms with Crippen LogP contribution in [0, 0.1) is 5.92 Å². The molecule has 1 saturated heterocycles. The maximum atomic E-state index is 5.60. The third-order valence-corrected chi connectivity index (χ3v) is 3.70. The average Bonchev–Trinajstić information content (AvgIpc) is 2.42. The summed E-state index contributed by atoms with van der Waals surface area (Å²) in [6, 6.07) is 0. The van der Waals surface area contributed by atoms with Gasteiger partial charge in [0.15, 0.2) is 0 Å². The lowest BCUT2D eigenvalue weighted by atomic mass is 9.93. The van der Waals surface area contributed by atoms with Crippen LogP contribution in [0.25, 0.3) is 0 Å². The molecule has 0 saturated carbocycles. The van der Waals surface area contributed by atoms with Crippen molar-refractivity contribution in [2.75, 3.05) is 60.2 Å². The smallest absolute Gasteiger partial charge is 0.0593 e. The Morgan fingerprint density at radius 2 is 1.94 bits per heavy atom. The van der Waals surface area contributed by atoms with E-state index in [0.717, 1.165) is 45.2 Å². The van der Waals surface area contributed by atoms with E-state index in [1.807, 2.05) is 7.05 Å². The number of nitrogens with zero attached hydrogens (tertiary/aromatic N) is 1. The number of likely N-dealkylation sites (tertiary alicyclic amines) is 1. The monoisotopic (exact) mass is 258 g/mol. The maximum absolute atomic E-state index is 5.60. The Hall–Kier alpha value is -0.160. The van der Waals surface area contributed by atoms with Crippen LogP contribution in [-0.2, 0) is 9.47 Å². The van der Waals surface area contributed by atoms with E-state index < -0.39 is 0 Å². The van der Waals surface area contributed by atoms with Gasteiger partial charge >= 0.3 is 0 Å². The van der Waals surface area contributed by atoms with Gasteiger partial charge in [0.1, 0.15) is 0 Å². The van der Waals surface area contributed by atoms with E-state index in [9.17, 15) is 0 Å². The highest BCUT2D eigenvalue weighted by Gasteiger charge is 2.18. The third kappa shape index (κ3) is 7.31. The molecule has 0 amide bonds. The molecular weight excluding hydrogens is 228 g/mol. The zero-order chi connectivity index (χ0) is 13.1. The molecule has 0 atom stereocenters. The number of piperidine rings is 1. The van der Waals surface area contributed by atoms with Gasteiger partial charge in [0.2, 0.25) is 0 Å². The third-order valence-electron chi connectivity index (χ3n) is 3.70. The molecule has 0 aliphatic carbocycles. The lowest BCUT2D eigenvalue weighted by Gasteiger charge is -2.31. The van der Waals surface area contributed by atoms with Crippen molar-refractivity contribution in [1.29, 1.82) is 0 Å². The summed E-state index contributed by atoms with van der Waals surface area (Å²) < 4.78 is 10.6. The first-order chi connectivity index (χ1) is 8.86. The van der Waals surface area contributed by atoms with Gasteiger partial charge in [0, 0.05) is 26.9 Å². The van der Waals surface area contributed by atoms with E-state index in [1.165, 1.54) is 32.4 Å². The fraction of sp³-hybridized carbons (Fsp3) is 1.00. The summed E-state index contributed by atoms with van der Waals surface area (Å²) in [5.41, 5.74) is 0. The highest BCUT2D eigenvalue weighted by Crippen LogP contribution is 2.19. The standard InChI is InChI=1S/C14H30N2O2/c1-15-7-4-14-5-8-16(9-6-14)10-13-18-12-3-11-17-2/h14-15H,3-13H2,1-2H3. The van der Waals surface area contributed by atoms with Crippen molar-refractivity contribution in [3.8, 4) is 0 Å². The van der Waals surface area contributed by atoms with Gasteiger partial charge in [-0.05, 0) is 58.3 Å². The van der Waals surface area contributed by atoms with Crippen LogP contribution >= 0.6 is 0 Å². The van der Waals surface area contributed by atoms with Crippen molar-refractivity contribution in [1.82, 2.24) is 10.2 Å². The molecule has 1 N–H and O–H groups in total. The molecular formula is C14H30N2O2. The van der Waals surface area contributed by atoms with E-state index in [-0.39, 0.29) is 0 Å². The van der Waals surface area contributed by atoms with Gasteiger partial charge in [-0.2, -0.15) is 0 Å². The molecule has 108 valence electrons. The van der Waals surface area contributed by atoms with Crippen LogP contribution in [0.1, 0.15) is 25.7 Å². The Balaban J connectivity index is 1.92. The second-order valence-corrected chi connectivity index (χ2v) is 5.14. The molecule has 0 unspecified atom stereocenters. The van der Waals surface area contributed by atoms with Gasteiger partial charge in [-0.3, -0.25) is 0 Å². The summed E-state index contributed by atoms with van der Waals surface area (Å²) in [5, 5.41) is 3.24. The van der Waals surface area contributed by atoms with Crippen LogP contribution < -0.4 is 5.32 Å². The van der Waals surface area contributed by atoms with Crippen LogP contribution in [0.15, 0.2) is 0 Å². The molecule has 4 heteroatoms. The van der Waals surface area contributed by atoms with Crippen molar-refractivity contribution in [2.45, 2.75) is 25.7 Å². The summed E-state index contributed by atoms with van der Waals surface area (Å²) in [6.45, 7) is 7.23. The summed E-state index contributed by atoms with van der Waals surface area (Å²) in [4.78, 5) is 2.53. The van der Waals surface area contributed by atoms with Crippen molar-refractivity contribution < 1.29 is 9.47 Å². The molecule has 0 aromatic carbocycles. The van der Waals surface area contributed by atoms with Gasteiger partial charge in [-0.25, -0.2) is 0 Å². The highest BCUT2D eigenvalue weighted by molar-refractivity contribution is 4.72.